The number of hydrogen-bond donors (Lipinski definition) is 1. The molecule has 0 bridgehead atoms. The zero-order chi connectivity index (χ0) is 27.9. The Hall–Kier alpha value is -4.30. The maximum absolute atomic E-state index is 8.28. The molecule has 1 heterocycles. The molecule has 0 saturated heterocycles. The molecule has 6 aromatic rings. The van der Waals surface area contributed by atoms with Gasteiger partial charge in [-0.25, -0.2) is 0 Å². The number of hydrogen-bond acceptors (Lipinski definition) is 2. The van der Waals surface area contributed by atoms with E-state index in [1.807, 2.05) is 36.4 Å². The Morgan fingerprint density at radius 2 is 1.43 bits per heavy atom. The van der Waals surface area contributed by atoms with Gasteiger partial charge in [-0.1, -0.05) is 86.6 Å². The highest BCUT2D eigenvalue weighted by Crippen LogP contribution is 2.51. The monoisotopic (exact) mass is 456 g/mol. The van der Waals surface area contributed by atoms with Crippen molar-refractivity contribution in [2.75, 3.05) is 5.32 Å². The number of rotatable bonds is 3. The summed E-state index contributed by atoms with van der Waals surface area (Å²) in [5.74, 6) is 0. The van der Waals surface area contributed by atoms with E-state index in [1.165, 1.54) is 5.56 Å². The van der Waals surface area contributed by atoms with Gasteiger partial charge in [0.25, 0.3) is 0 Å². The second-order valence-electron chi connectivity index (χ2n) is 9.55. The van der Waals surface area contributed by atoms with Gasteiger partial charge in [0.15, 0.2) is 0 Å². The number of fused-ring (bicyclic) bond motifs is 6. The van der Waals surface area contributed by atoms with E-state index < -0.39 is 6.04 Å². The van der Waals surface area contributed by atoms with Crippen molar-refractivity contribution in [3.8, 4) is 22.3 Å². The fourth-order valence-electron chi connectivity index (χ4n) is 5.41. The summed E-state index contributed by atoms with van der Waals surface area (Å²) in [6.45, 7) is 4.38. The first kappa shape index (κ1) is 15.6. The average Bonchev–Trinajstić information content (AvgIpc) is 3.45. The summed E-state index contributed by atoms with van der Waals surface area (Å²) in [5, 5.41) is 5.30. The van der Waals surface area contributed by atoms with Gasteiger partial charge in [-0.2, -0.15) is 0 Å². The molecule has 0 aliphatic heterocycles. The van der Waals surface area contributed by atoms with Gasteiger partial charge in [-0.15, -0.1) is 0 Å². The Morgan fingerprint density at radius 1 is 0.686 bits per heavy atom. The highest BCUT2D eigenvalue weighted by Gasteiger charge is 2.36. The fourth-order valence-corrected chi connectivity index (χ4v) is 5.41. The van der Waals surface area contributed by atoms with Crippen LogP contribution in [-0.2, 0) is 5.41 Å². The largest absolute Gasteiger partial charge is 0.455 e. The topological polar surface area (TPSA) is 25.2 Å². The summed E-state index contributed by atoms with van der Waals surface area (Å²) in [6.07, 6.45) is 0. The maximum Gasteiger partial charge on any atom is 0.143 e. The molecule has 0 spiro atoms. The van der Waals surface area contributed by atoms with Gasteiger partial charge < -0.3 is 9.73 Å². The van der Waals surface area contributed by atoms with Crippen LogP contribution in [0.2, 0.25) is 0 Å². The smallest absolute Gasteiger partial charge is 0.143 e. The van der Waals surface area contributed by atoms with E-state index in [4.69, 9.17) is 11.3 Å². The van der Waals surface area contributed by atoms with Crippen LogP contribution < -0.4 is 5.32 Å². The average molecular weight is 457 g/mol. The van der Waals surface area contributed by atoms with E-state index in [-0.39, 0.29) is 35.3 Å². The first-order valence-electron chi connectivity index (χ1n) is 14.2. The molecule has 1 N–H and O–H groups in total. The molecule has 0 amide bonds. The van der Waals surface area contributed by atoms with E-state index in [9.17, 15) is 0 Å². The lowest BCUT2D eigenvalue weighted by atomic mass is 9.81. The summed E-state index contributed by atoms with van der Waals surface area (Å²) in [7, 11) is 0. The molecule has 35 heavy (non-hydrogen) atoms. The van der Waals surface area contributed by atoms with Crippen LogP contribution in [0.1, 0.15) is 31.8 Å². The minimum Gasteiger partial charge on any atom is -0.455 e. The Kier molecular flexibility index (Phi) is 3.27. The van der Waals surface area contributed by atoms with Crippen molar-refractivity contribution in [3.05, 3.63) is 120 Å². The van der Waals surface area contributed by atoms with Gasteiger partial charge in [-0.3, -0.25) is 0 Å². The standard InChI is InChI=1S/C33H25NO/c1-33(2)29-19-21(24-12-8-13-28-27-11-6-7-14-31(27)35-32(24)28)15-17-25(29)26-18-16-23(20-30(26)33)34-22-9-4-3-5-10-22/h3-20,34H,1-2H3/i3D,4D,5D,9D,10D. The predicted octanol–water partition coefficient (Wildman–Crippen LogP) is 9.30. The van der Waals surface area contributed by atoms with E-state index in [0.717, 1.165) is 49.8 Å². The number of furan rings is 1. The number of nitrogens with one attached hydrogen (secondary N) is 1. The predicted molar refractivity (Wildman–Crippen MR) is 146 cm³/mol. The molecule has 0 radical (unpaired) electrons. The van der Waals surface area contributed by atoms with Crippen molar-refractivity contribution >= 4 is 33.3 Å². The van der Waals surface area contributed by atoms with Crippen LogP contribution in [0.15, 0.2) is 113 Å². The van der Waals surface area contributed by atoms with E-state index in [0.29, 0.717) is 5.69 Å². The van der Waals surface area contributed by atoms with Crippen LogP contribution in [0, 0.1) is 0 Å². The number of anilines is 2. The lowest BCUT2D eigenvalue weighted by Gasteiger charge is -2.22. The second-order valence-corrected chi connectivity index (χ2v) is 9.55. The minimum absolute atomic E-state index is 0.0699. The number of benzene rings is 5. The summed E-state index contributed by atoms with van der Waals surface area (Å²) in [5.41, 5.74) is 8.90. The van der Waals surface area contributed by atoms with Crippen molar-refractivity contribution in [2.45, 2.75) is 19.3 Å². The molecule has 1 aliphatic carbocycles. The second kappa shape index (κ2) is 7.35. The molecule has 0 atom stereocenters. The third kappa shape index (κ3) is 3.03. The molecule has 0 unspecified atom stereocenters. The van der Waals surface area contributed by atoms with Gasteiger partial charge in [0.2, 0.25) is 0 Å². The lowest BCUT2D eigenvalue weighted by Crippen LogP contribution is -2.15. The van der Waals surface area contributed by atoms with Crippen molar-refractivity contribution in [3.63, 3.8) is 0 Å². The molecule has 2 heteroatoms. The van der Waals surface area contributed by atoms with Gasteiger partial charge >= 0.3 is 0 Å². The molecule has 2 nitrogen and oxygen atoms in total. The summed E-state index contributed by atoms with van der Waals surface area (Å²) >= 11 is 0. The summed E-state index contributed by atoms with van der Waals surface area (Å²) in [6, 6.07) is 25.3. The van der Waals surface area contributed by atoms with Gasteiger partial charge in [0, 0.05) is 33.1 Å². The quantitative estimate of drug-likeness (QED) is 0.287. The van der Waals surface area contributed by atoms with Crippen LogP contribution in [0.4, 0.5) is 11.4 Å². The molecule has 1 aromatic heterocycles. The Labute approximate surface area is 211 Å². The first-order chi connectivity index (χ1) is 19.2. The van der Waals surface area contributed by atoms with Gasteiger partial charge in [0.1, 0.15) is 11.2 Å². The molecule has 0 fully saturated rings. The molecule has 1 aliphatic rings. The van der Waals surface area contributed by atoms with Crippen molar-refractivity contribution in [1.29, 1.82) is 0 Å². The molecule has 0 saturated carbocycles. The van der Waals surface area contributed by atoms with Crippen LogP contribution >= 0.6 is 0 Å². The van der Waals surface area contributed by atoms with Crippen LogP contribution in [-0.4, -0.2) is 0 Å². The number of para-hydroxylation sites is 3. The Balaban J connectivity index is 1.31. The first-order valence-corrected chi connectivity index (χ1v) is 11.7. The van der Waals surface area contributed by atoms with Crippen LogP contribution in [0.25, 0.3) is 44.2 Å². The van der Waals surface area contributed by atoms with E-state index >= 15 is 0 Å². The summed E-state index contributed by atoms with van der Waals surface area (Å²) < 4.78 is 46.7. The normalized spacial score (nSPS) is 15.7. The Bertz CT molecular complexity index is 2000. The van der Waals surface area contributed by atoms with Gasteiger partial charge in [0.05, 0.1) is 6.85 Å². The SMILES string of the molecule is [2H]c1c([2H])c([2H])c(Nc2ccc3c(c2)C(C)(C)c2cc(-c4cccc5c4oc4ccccc45)ccc2-3)c([2H])c1[2H]. The maximum atomic E-state index is 8.28. The van der Waals surface area contributed by atoms with Crippen LogP contribution in [0.5, 0.6) is 0 Å². The third-order valence-corrected chi connectivity index (χ3v) is 7.16. The molecular formula is C33H25NO. The molecule has 7 rings (SSSR count). The van der Waals surface area contributed by atoms with Crippen molar-refractivity contribution < 1.29 is 11.3 Å². The van der Waals surface area contributed by atoms with E-state index in [1.54, 1.807) is 0 Å². The lowest BCUT2D eigenvalue weighted by molar-refractivity contribution is 0.660. The highest BCUT2D eigenvalue weighted by atomic mass is 16.3. The van der Waals surface area contributed by atoms with Crippen molar-refractivity contribution in [1.82, 2.24) is 0 Å². The fraction of sp³-hybridized carbons (Fsp3) is 0.0909. The molecular weight excluding hydrogens is 426 g/mol. The third-order valence-electron chi connectivity index (χ3n) is 7.16. The van der Waals surface area contributed by atoms with Crippen molar-refractivity contribution in [2.24, 2.45) is 0 Å². The zero-order valence-electron chi connectivity index (χ0n) is 24.4. The molecule has 168 valence electrons. The Morgan fingerprint density at radius 3 is 2.29 bits per heavy atom. The zero-order valence-corrected chi connectivity index (χ0v) is 19.4. The summed E-state index contributed by atoms with van der Waals surface area (Å²) in [4.78, 5) is 0. The minimum atomic E-state index is -0.403. The molecule has 5 aromatic carbocycles. The van der Waals surface area contributed by atoms with Gasteiger partial charge in [-0.05, 0) is 64.2 Å². The van der Waals surface area contributed by atoms with E-state index in [2.05, 4.69) is 61.6 Å². The van der Waals surface area contributed by atoms with Crippen LogP contribution in [0.3, 0.4) is 0 Å². The highest BCUT2D eigenvalue weighted by molar-refractivity contribution is 6.09.